The van der Waals surface area contributed by atoms with Crippen molar-refractivity contribution >= 4 is 129 Å². The number of hydrogen-bond acceptors (Lipinski definition) is 24. The number of halogens is 3. The van der Waals surface area contributed by atoms with E-state index in [-0.39, 0.29) is 46.0 Å². The Labute approximate surface area is 706 Å². The van der Waals surface area contributed by atoms with Crippen LogP contribution in [0.5, 0.6) is 0 Å². The quantitative estimate of drug-likeness (QED) is 0.0385. The number of hydrogen-bond donors (Lipinski definition) is 9. The Morgan fingerprint density at radius 1 is 0.460 bits per heavy atom. The molecule has 3 unspecified atom stereocenters. The highest BCUT2D eigenvalue weighted by atomic mass is 35.5. The number of benzene rings is 8. The molecular weight excluding hydrogens is 1600 g/mol. The third kappa shape index (κ3) is 15.7. The van der Waals surface area contributed by atoms with Crippen LogP contribution in [0.15, 0.2) is 262 Å². The molecule has 0 fully saturated rings. The number of rotatable bonds is 18. The van der Waals surface area contributed by atoms with Crippen molar-refractivity contribution in [2.45, 2.75) is 78.6 Å². The molecule has 10 N–H and O–H groups in total. The average Bonchev–Trinajstić information content (AvgIpc) is 1.74. The molecule has 12 heterocycles. The molecule has 0 amide bonds. The third-order valence-corrected chi connectivity index (χ3v) is 21.2. The zero-order valence-corrected chi connectivity index (χ0v) is 67.9. The summed E-state index contributed by atoms with van der Waals surface area (Å²) in [7, 11) is 0. The number of nitrogens with one attached hydrogen (secondary N) is 8. The second-order valence-corrected chi connectivity index (χ2v) is 29.2. The van der Waals surface area contributed by atoms with E-state index in [0.717, 1.165) is 33.6 Å². The second-order valence-electron chi connectivity index (χ2n) is 28.8. The summed E-state index contributed by atoms with van der Waals surface area (Å²) >= 11 is 6.38. The van der Waals surface area contributed by atoms with Crippen LogP contribution in [0.2, 0.25) is 5.02 Å². The first kappa shape index (κ1) is 80.2. The smallest absolute Gasteiger partial charge is 0.269 e. The first-order chi connectivity index (χ1) is 60.4. The first-order valence-corrected chi connectivity index (χ1v) is 39.8. The van der Waals surface area contributed by atoms with Gasteiger partial charge in [0.25, 0.3) is 16.7 Å². The number of para-hydroxylation sites is 4. The van der Waals surface area contributed by atoms with Gasteiger partial charge in [-0.3, -0.25) is 32.9 Å². The highest BCUT2D eigenvalue weighted by molar-refractivity contribution is 6.35. The van der Waals surface area contributed by atoms with Crippen molar-refractivity contribution in [2.24, 2.45) is 0 Å². The average molecular weight is 1670 g/mol. The summed E-state index contributed by atoms with van der Waals surface area (Å²) in [6.45, 7) is 11.7. The lowest BCUT2D eigenvalue weighted by Gasteiger charge is -2.22. The number of aromatic amines is 4. The maximum Gasteiger partial charge on any atom is 0.269 e. The van der Waals surface area contributed by atoms with E-state index in [0.29, 0.717) is 153 Å². The number of nitrogen functional groups attached to an aromatic ring is 1. The van der Waals surface area contributed by atoms with Gasteiger partial charge in [0.05, 0.1) is 98.6 Å². The van der Waals surface area contributed by atoms with Crippen LogP contribution in [0.4, 0.5) is 38.0 Å². The van der Waals surface area contributed by atoms with E-state index in [1.54, 1.807) is 88.8 Å². The Hall–Kier alpha value is -16.2. The molecule has 0 spiro atoms. The minimum atomic E-state index is -0.595. The Morgan fingerprint density at radius 2 is 0.976 bits per heavy atom. The highest BCUT2D eigenvalue weighted by Gasteiger charge is 2.29. The minimum Gasteiger partial charge on any atom is -0.458 e. The van der Waals surface area contributed by atoms with E-state index in [9.17, 15) is 28.0 Å². The number of anilines is 5. The van der Waals surface area contributed by atoms with Gasteiger partial charge in [0, 0.05) is 11.4 Å². The molecule has 124 heavy (non-hydrogen) atoms. The lowest BCUT2D eigenvalue weighted by atomic mass is 9.97. The van der Waals surface area contributed by atoms with Crippen LogP contribution in [-0.4, -0.2) is 103 Å². The van der Waals surface area contributed by atoms with Gasteiger partial charge in [-0.15, -0.1) is 0 Å². The molecule has 0 saturated heterocycles. The van der Waals surface area contributed by atoms with Gasteiger partial charge in [-0.2, -0.15) is 9.97 Å². The molecule has 4 atom stereocenters. The number of nitrogens with zero attached hydrogens (tertiary/aromatic N) is 17. The van der Waals surface area contributed by atoms with Gasteiger partial charge in [0.2, 0.25) is 11.4 Å². The SMILES string of the molecule is CC(Nc1ncnc2nc[nH]c12)c1cc2cccc(Cl)c2c(=O)n1-c1ccccc1.CCC(Nc1ncnc2nc[nH]c12)c1nc2cccc(F)c2c(=O)n1-c1ccccc1.CCC(Nc1ncnc2nc[nH]c12)c1oc2ccccc2c(=O)c1-c1cccc(F)c1.Cc1ccccc1-n1c([C@H](C)Nc2nc(N)nc3nc[nH]c23)nc2cccc(C)c2c1=O. The van der Waals surface area contributed by atoms with Gasteiger partial charge >= 0.3 is 0 Å². The molecule has 0 aliphatic rings. The van der Waals surface area contributed by atoms with Gasteiger partial charge in [-0.05, 0) is 148 Å². The summed E-state index contributed by atoms with van der Waals surface area (Å²) in [4.78, 5) is 126. The van der Waals surface area contributed by atoms with E-state index < -0.39 is 23.2 Å². The van der Waals surface area contributed by atoms with Crippen LogP contribution in [0, 0.1) is 25.5 Å². The molecule has 616 valence electrons. The van der Waals surface area contributed by atoms with Crippen molar-refractivity contribution < 1.29 is 13.2 Å². The predicted molar refractivity (Wildman–Crippen MR) is 475 cm³/mol. The largest absolute Gasteiger partial charge is 0.458 e. The van der Waals surface area contributed by atoms with Crippen molar-refractivity contribution in [3.63, 3.8) is 0 Å². The van der Waals surface area contributed by atoms with E-state index in [1.807, 2.05) is 157 Å². The topological polar surface area (TPSA) is 414 Å². The van der Waals surface area contributed by atoms with Gasteiger partial charge in [0.15, 0.2) is 45.9 Å². The molecular formula is C90H75ClF2N26O5. The number of pyridine rings is 1. The molecule has 0 aliphatic carbocycles. The number of fused-ring (bicyclic) bond motifs is 8. The molecule has 34 heteroatoms. The Kier molecular flexibility index (Phi) is 22.4. The van der Waals surface area contributed by atoms with Crippen LogP contribution in [-0.2, 0) is 0 Å². The van der Waals surface area contributed by atoms with Crippen LogP contribution in [0.3, 0.4) is 0 Å². The molecule has 31 nitrogen and oxygen atoms in total. The van der Waals surface area contributed by atoms with E-state index in [4.69, 9.17) is 31.7 Å². The van der Waals surface area contributed by atoms with E-state index >= 15 is 0 Å². The third-order valence-electron chi connectivity index (χ3n) is 20.9. The molecule has 0 aliphatic heterocycles. The molecule has 0 saturated carbocycles. The number of H-pyrrole nitrogens is 4. The lowest BCUT2D eigenvalue weighted by molar-refractivity contribution is 0.495. The normalized spacial score (nSPS) is 12.3. The predicted octanol–water partition coefficient (Wildman–Crippen LogP) is 16.5. The second kappa shape index (κ2) is 34.6. The van der Waals surface area contributed by atoms with E-state index in [2.05, 4.69) is 101 Å². The van der Waals surface area contributed by atoms with Crippen molar-refractivity contribution in [1.29, 1.82) is 0 Å². The summed E-state index contributed by atoms with van der Waals surface area (Å²) in [6.07, 6.45) is 11.7. The van der Waals surface area contributed by atoms with Crippen molar-refractivity contribution in [3.8, 4) is 28.2 Å². The fourth-order valence-electron chi connectivity index (χ4n) is 15.0. The summed E-state index contributed by atoms with van der Waals surface area (Å²) in [5.74, 6) is 2.72. The highest BCUT2D eigenvalue weighted by Crippen LogP contribution is 2.36. The molecule has 20 rings (SSSR count). The first-order valence-electron chi connectivity index (χ1n) is 39.4. The Balaban J connectivity index is 0.000000117. The summed E-state index contributed by atoms with van der Waals surface area (Å²) < 4.78 is 39.6. The summed E-state index contributed by atoms with van der Waals surface area (Å²) in [6, 6.07) is 55.6. The maximum absolute atomic E-state index is 14.5. The molecule has 0 bridgehead atoms. The van der Waals surface area contributed by atoms with Crippen LogP contribution in [0.25, 0.3) is 116 Å². The summed E-state index contributed by atoms with van der Waals surface area (Å²) in [5.41, 5.74) is 16.7. The lowest BCUT2D eigenvalue weighted by Crippen LogP contribution is -2.28. The standard InChI is InChI=1S/C23H18FN5O2.C23H22N8O.C22H17ClN6O.C22H18FN7O/c1-2-16(29-23-19-22(26-11-25-19)27-12-28-23)21-18(13-6-5-7-14(24)10-13)20(30)15-8-3-4-9-17(15)31-21;1-12-7-4-5-10-16(12)31-21(28-15-9-6-8-13(2)17(15)22(31)32)14(3)27-20-18-19(26-11-25-18)29-23(24)30-20;1-13(28-21-19-20(25-11-24-19)26-12-27-21)17-10-14-6-5-9-16(23)18(14)22(30)29(17)15-7-3-2-4-8-15;1-2-15(28-20-18-19(25-11-24-18)26-12-27-20)21-29-16-10-6-9-14(23)17(16)22(31)30(21)13-7-4-3-5-8-13/h3-12,16H,2H2,1H3,(H2,25,26,27,28,29);4-11,14H,1-3H3,(H4,24,25,26,27,29,30);2-13H,1H3,(H2,24,25,26,27,28);3-12,15H,2H2,1H3,(H2,24,25,26,27,28)/t;14-;;/m.0../s1. The van der Waals surface area contributed by atoms with Crippen molar-refractivity contribution in [2.75, 3.05) is 27.0 Å². The molecule has 8 aromatic carbocycles. The van der Waals surface area contributed by atoms with Crippen molar-refractivity contribution in [1.82, 2.24) is 103 Å². The Bertz CT molecular complexity index is 7670. The van der Waals surface area contributed by atoms with Gasteiger partial charge in [0.1, 0.15) is 81.1 Å². The number of nitrogens with two attached hydrogens (primary N) is 1. The van der Waals surface area contributed by atoms with Crippen LogP contribution >= 0.6 is 11.6 Å². The zero-order valence-electron chi connectivity index (χ0n) is 67.1. The fraction of sp³-hybridized carbons (Fsp3) is 0.133. The van der Waals surface area contributed by atoms with Gasteiger partial charge in [-0.1, -0.05) is 135 Å². The van der Waals surface area contributed by atoms with Gasteiger partial charge in [-0.25, -0.2) is 68.6 Å². The molecule has 0 radical (unpaired) electrons. The fourth-order valence-corrected chi connectivity index (χ4v) is 15.3. The molecule has 12 aromatic heterocycles. The van der Waals surface area contributed by atoms with Crippen LogP contribution in [0.1, 0.15) is 98.9 Å². The summed E-state index contributed by atoms with van der Waals surface area (Å²) in [5, 5.41) is 16.2. The molecule has 20 aromatic rings. The number of aryl methyl sites for hydroxylation is 2. The minimum absolute atomic E-state index is 0.0389. The Morgan fingerprint density at radius 3 is 1.61 bits per heavy atom. The maximum atomic E-state index is 14.5. The number of aromatic nitrogens is 21. The van der Waals surface area contributed by atoms with Gasteiger partial charge < -0.3 is 51.4 Å². The van der Waals surface area contributed by atoms with Crippen molar-refractivity contribution in [3.05, 3.63) is 331 Å². The zero-order chi connectivity index (χ0) is 85.8. The van der Waals surface area contributed by atoms with E-state index in [1.165, 1.54) is 48.1 Å². The van der Waals surface area contributed by atoms with Crippen LogP contribution < -0.4 is 49.1 Å². The number of imidazole rings is 4. The monoisotopic (exact) mass is 1670 g/mol.